The molecule has 7 nitrogen and oxygen atoms in total. The van der Waals surface area contributed by atoms with Crippen LogP contribution in [-0.4, -0.2) is 51.8 Å². The van der Waals surface area contributed by atoms with Crippen LogP contribution in [-0.2, 0) is 20.1 Å². The van der Waals surface area contributed by atoms with Crippen molar-refractivity contribution in [2.45, 2.75) is 20.0 Å². The molecule has 0 aliphatic carbocycles. The van der Waals surface area contributed by atoms with Crippen molar-refractivity contribution in [1.29, 1.82) is 0 Å². The Morgan fingerprint density at radius 2 is 1.69 bits per heavy atom. The fourth-order valence-electron chi connectivity index (χ4n) is 3.61. The molecule has 0 unspecified atom stereocenters. The highest BCUT2D eigenvalue weighted by Crippen LogP contribution is 2.17. The predicted molar refractivity (Wildman–Crippen MR) is 136 cm³/mol. The zero-order valence-corrected chi connectivity index (χ0v) is 20.7. The number of hydrogen-bond acceptors (Lipinski definition) is 4. The summed E-state index contributed by atoms with van der Waals surface area (Å²) in [5.74, 6) is 2.41. The van der Waals surface area contributed by atoms with Gasteiger partial charge in [0.05, 0.1) is 13.1 Å². The SMILES string of the molecule is Cc1nnc(CNC(=NCc2ccccc2)N2CCN(c3ccc(F)cc3)CC2)n1C.I. The molecule has 0 saturated carbocycles. The molecule has 3 aromatic rings. The van der Waals surface area contributed by atoms with Gasteiger partial charge in [-0.05, 0) is 36.8 Å². The van der Waals surface area contributed by atoms with Gasteiger partial charge in [-0.2, -0.15) is 0 Å². The second-order valence-corrected chi connectivity index (χ2v) is 7.65. The minimum atomic E-state index is -0.207. The van der Waals surface area contributed by atoms with Crippen molar-refractivity contribution in [2.24, 2.45) is 12.0 Å². The number of guanidine groups is 1. The second-order valence-electron chi connectivity index (χ2n) is 7.65. The number of aliphatic imine (C=N–C) groups is 1. The zero-order chi connectivity index (χ0) is 21.6. The maximum Gasteiger partial charge on any atom is 0.194 e. The fraction of sp³-hybridized carbons (Fsp3) is 0.348. The minimum absolute atomic E-state index is 0. The molecule has 1 aliphatic heterocycles. The van der Waals surface area contributed by atoms with Gasteiger partial charge in [-0.15, -0.1) is 34.2 Å². The van der Waals surface area contributed by atoms with Crippen molar-refractivity contribution >= 4 is 35.6 Å². The summed E-state index contributed by atoms with van der Waals surface area (Å²) < 4.78 is 15.2. The third kappa shape index (κ3) is 5.96. The Morgan fingerprint density at radius 1 is 1.00 bits per heavy atom. The third-order valence-electron chi connectivity index (χ3n) is 5.61. The van der Waals surface area contributed by atoms with E-state index in [0.29, 0.717) is 13.1 Å². The first-order valence-electron chi connectivity index (χ1n) is 10.5. The highest BCUT2D eigenvalue weighted by molar-refractivity contribution is 14.0. The molecule has 0 radical (unpaired) electrons. The molecule has 0 bridgehead atoms. The van der Waals surface area contributed by atoms with E-state index in [4.69, 9.17) is 4.99 Å². The Balaban J connectivity index is 0.00000289. The van der Waals surface area contributed by atoms with E-state index in [2.05, 4.69) is 37.4 Å². The van der Waals surface area contributed by atoms with Gasteiger partial charge in [0.15, 0.2) is 11.8 Å². The van der Waals surface area contributed by atoms with Crippen LogP contribution in [0.25, 0.3) is 0 Å². The third-order valence-corrected chi connectivity index (χ3v) is 5.61. The molecule has 1 aromatic heterocycles. The first-order chi connectivity index (χ1) is 15.1. The molecule has 2 heterocycles. The van der Waals surface area contributed by atoms with Crippen LogP contribution in [0.4, 0.5) is 10.1 Å². The molecule has 0 amide bonds. The monoisotopic (exact) mass is 549 g/mol. The Kier molecular flexibility index (Phi) is 8.43. The number of aromatic nitrogens is 3. The maximum atomic E-state index is 13.2. The first-order valence-corrected chi connectivity index (χ1v) is 10.5. The van der Waals surface area contributed by atoms with Crippen molar-refractivity contribution < 1.29 is 4.39 Å². The summed E-state index contributed by atoms with van der Waals surface area (Å²) >= 11 is 0. The summed E-state index contributed by atoms with van der Waals surface area (Å²) in [5.41, 5.74) is 2.22. The van der Waals surface area contributed by atoms with E-state index >= 15 is 0 Å². The fourth-order valence-corrected chi connectivity index (χ4v) is 3.61. The number of piperazine rings is 1. The van der Waals surface area contributed by atoms with Gasteiger partial charge >= 0.3 is 0 Å². The van der Waals surface area contributed by atoms with Crippen LogP contribution >= 0.6 is 24.0 Å². The summed E-state index contributed by atoms with van der Waals surface area (Å²) in [4.78, 5) is 9.43. The molecule has 1 fully saturated rings. The van der Waals surface area contributed by atoms with Crippen LogP contribution in [0.1, 0.15) is 17.2 Å². The molecule has 32 heavy (non-hydrogen) atoms. The molecule has 9 heteroatoms. The normalized spacial score (nSPS) is 14.3. The smallest absolute Gasteiger partial charge is 0.194 e. The largest absolute Gasteiger partial charge is 0.368 e. The van der Waals surface area contributed by atoms with Crippen LogP contribution in [0.3, 0.4) is 0 Å². The quantitative estimate of drug-likeness (QED) is 0.301. The van der Waals surface area contributed by atoms with Gasteiger partial charge in [0, 0.05) is 38.9 Å². The number of nitrogens with one attached hydrogen (secondary N) is 1. The van der Waals surface area contributed by atoms with Crippen molar-refractivity contribution in [1.82, 2.24) is 25.0 Å². The number of rotatable bonds is 5. The van der Waals surface area contributed by atoms with Crippen LogP contribution in [0.2, 0.25) is 0 Å². The number of nitrogens with zero attached hydrogens (tertiary/aromatic N) is 6. The maximum absolute atomic E-state index is 13.2. The summed E-state index contributed by atoms with van der Waals surface area (Å²) in [5, 5.41) is 11.9. The predicted octanol–water partition coefficient (Wildman–Crippen LogP) is 3.35. The van der Waals surface area contributed by atoms with Gasteiger partial charge in [0.2, 0.25) is 0 Å². The van der Waals surface area contributed by atoms with E-state index in [1.54, 1.807) is 0 Å². The van der Waals surface area contributed by atoms with E-state index in [-0.39, 0.29) is 29.8 Å². The number of benzene rings is 2. The van der Waals surface area contributed by atoms with Gasteiger partial charge in [-0.25, -0.2) is 9.38 Å². The molecule has 0 atom stereocenters. The molecule has 0 spiro atoms. The summed E-state index contributed by atoms with van der Waals surface area (Å²) in [6, 6.07) is 16.9. The standard InChI is InChI=1S/C23H28FN7.HI/c1-18-27-28-22(29(18)2)17-26-23(25-16-19-6-4-3-5-7-19)31-14-12-30(13-15-31)21-10-8-20(24)9-11-21;/h3-11H,12-17H2,1-2H3,(H,25,26);1H. The highest BCUT2D eigenvalue weighted by Gasteiger charge is 2.20. The van der Waals surface area contributed by atoms with Gasteiger partial charge in [-0.3, -0.25) is 0 Å². The van der Waals surface area contributed by atoms with E-state index in [9.17, 15) is 4.39 Å². The summed E-state index contributed by atoms with van der Waals surface area (Å²) in [6.45, 7) is 6.46. The van der Waals surface area contributed by atoms with Gasteiger partial charge in [-0.1, -0.05) is 30.3 Å². The van der Waals surface area contributed by atoms with Crippen molar-refractivity contribution in [3.63, 3.8) is 0 Å². The Labute approximate surface area is 205 Å². The molecule has 1 aliphatic rings. The molecular weight excluding hydrogens is 520 g/mol. The first kappa shape index (κ1) is 24.0. The molecule has 1 saturated heterocycles. The van der Waals surface area contributed by atoms with E-state index in [0.717, 1.165) is 49.5 Å². The lowest BCUT2D eigenvalue weighted by Crippen LogP contribution is -2.52. The molecule has 170 valence electrons. The van der Waals surface area contributed by atoms with E-state index in [1.807, 2.05) is 48.9 Å². The molecule has 4 rings (SSSR count). The minimum Gasteiger partial charge on any atom is -0.368 e. The lowest BCUT2D eigenvalue weighted by atomic mass is 10.2. The van der Waals surface area contributed by atoms with Crippen LogP contribution in [0.15, 0.2) is 59.6 Å². The van der Waals surface area contributed by atoms with Crippen molar-refractivity contribution in [3.8, 4) is 0 Å². The number of aryl methyl sites for hydroxylation is 1. The van der Waals surface area contributed by atoms with Gasteiger partial charge in [0.1, 0.15) is 11.6 Å². The van der Waals surface area contributed by atoms with E-state index < -0.39 is 0 Å². The average molecular weight is 549 g/mol. The number of hydrogen-bond donors (Lipinski definition) is 1. The second kappa shape index (κ2) is 11.3. The van der Waals surface area contributed by atoms with Crippen molar-refractivity contribution in [3.05, 3.63) is 77.6 Å². The topological polar surface area (TPSA) is 61.6 Å². The van der Waals surface area contributed by atoms with Crippen LogP contribution in [0.5, 0.6) is 0 Å². The lowest BCUT2D eigenvalue weighted by molar-refractivity contribution is 0.370. The van der Waals surface area contributed by atoms with E-state index in [1.165, 1.54) is 17.7 Å². The Morgan fingerprint density at radius 3 is 2.31 bits per heavy atom. The van der Waals surface area contributed by atoms with Crippen LogP contribution in [0, 0.1) is 12.7 Å². The van der Waals surface area contributed by atoms with Crippen molar-refractivity contribution in [2.75, 3.05) is 31.1 Å². The number of halogens is 2. The number of anilines is 1. The molecule has 2 aromatic carbocycles. The van der Waals surface area contributed by atoms with Crippen LogP contribution < -0.4 is 10.2 Å². The molecular formula is C23H29FIN7. The highest BCUT2D eigenvalue weighted by atomic mass is 127. The summed E-state index contributed by atoms with van der Waals surface area (Å²) in [6.07, 6.45) is 0. The zero-order valence-electron chi connectivity index (χ0n) is 18.4. The lowest BCUT2D eigenvalue weighted by Gasteiger charge is -2.37. The molecule has 1 N–H and O–H groups in total. The summed E-state index contributed by atoms with van der Waals surface area (Å²) in [7, 11) is 1.97. The van der Waals surface area contributed by atoms with Gasteiger partial charge < -0.3 is 19.7 Å². The van der Waals surface area contributed by atoms with Gasteiger partial charge in [0.25, 0.3) is 0 Å². The average Bonchev–Trinajstić information content (AvgIpc) is 3.13. The Bertz CT molecular complexity index is 1010. The Hall–Kier alpha value is -2.69.